The molecule has 0 spiro atoms. The summed E-state index contributed by atoms with van der Waals surface area (Å²) in [5.74, 6) is 0.156. The fourth-order valence-electron chi connectivity index (χ4n) is 2.24. The summed E-state index contributed by atoms with van der Waals surface area (Å²) < 4.78 is 27.0. The van der Waals surface area contributed by atoms with Gasteiger partial charge in [0.25, 0.3) is 10.0 Å². The average Bonchev–Trinajstić information content (AvgIpc) is 2.33. The third-order valence-corrected chi connectivity index (χ3v) is 4.71. The summed E-state index contributed by atoms with van der Waals surface area (Å²) in [7, 11) is -3.63. The summed E-state index contributed by atoms with van der Waals surface area (Å²) in [6.45, 7) is 5.42. The number of aliphatic imine (C=N–C) groups is 1. The minimum absolute atomic E-state index is 0.122. The zero-order valence-electron chi connectivity index (χ0n) is 11.8. The smallest absolute Gasteiger partial charge is 0.266 e. The molecule has 1 aliphatic rings. The molecule has 1 atom stereocenters. The second-order valence-electron chi connectivity index (χ2n) is 4.91. The van der Waals surface area contributed by atoms with E-state index in [0.29, 0.717) is 17.7 Å². The van der Waals surface area contributed by atoms with Crippen molar-refractivity contribution in [2.75, 3.05) is 11.9 Å². The molecule has 2 rings (SSSR count). The van der Waals surface area contributed by atoms with Crippen LogP contribution in [0, 0.1) is 13.8 Å². The number of aliphatic hydroxyl groups is 1. The van der Waals surface area contributed by atoms with Gasteiger partial charge in [0.2, 0.25) is 5.96 Å². The van der Waals surface area contributed by atoms with Gasteiger partial charge in [-0.3, -0.25) is 0 Å². The number of benzene rings is 1. The molecule has 7 heteroatoms. The first-order valence-electron chi connectivity index (χ1n) is 6.47. The minimum Gasteiger partial charge on any atom is -0.394 e. The Morgan fingerprint density at radius 1 is 1.35 bits per heavy atom. The monoisotopic (exact) mass is 297 g/mol. The van der Waals surface area contributed by atoms with Gasteiger partial charge in [0.1, 0.15) is 4.90 Å². The Balaban J connectivity index is 2.50. The quantitative estimate of drug-likeness (QED) is 0.780. The lowest BCUT2D eigenvalue weighted by molar-refractivity contribution is 0.264. The molecule has 1 unspecified atom stereocenters. The van der Waals surface area contributed by atoms with Gasteiger partial charge in [-0.1, -0.05) is 13.0 Å². The molecule has 0 aliphatic carbocycles. The number of hydrogen-bond donors (Lipinski definition) is 3. The van der Waals surface area contributed by atoms with Gasteiger partial charge in [-0.25, -0.2) is 18.1 Å². The van der Waals surface area contributed by atoms with Crippen LogP contribution in [0.1, 0.15) is 24.5 Å². The molecule has 3 N–H and O–H groups in total. The van der Waals surface area contributed by atoms with Crippen molar-refractivity contribution in [3.05, 3.63) is 23.3 Å². The predicted octanol–water partition coefficient (Wildman–Crippen LogP) is 1.13. The highest BCUT2D eigenvalue weighted by atomic mass is 32.2. The molecule has 6 nitrogen and oxygen atoms in total. The predicted molar refractivity (Wildman–Crippen MR) is 78.5 cm³/mol. The van der Waals surface area contributed by atoms with Crippen molar-refractivity contribution in [1.82, 2.24) is 4.72 Å². The molecule has 0 bridgehead atoms. The molecule has 0 saturated heterocycles. The van der Waals surface area contributed by atoms with Crippen LogP contribution in [0.2, 0.25) is 0 Å². The molecule has 1 aromatic carbocycles. The maximum atomic E-state index is 12.3. The Kier molecular flexibility index (Phi) is 4.01. The minimum atomic E-state index is -3.63. The molecular weight excluding hydrogens is 278 g/mol. The summed E-state index contributed by atoms with van der Waals surface area (Å²) in [6.07, 6.45) is 0.628. The highest BCUT2D eigenvalue weighted by molar-refractivity contribution is 7.90. The van der Waals surface area contributed by atoms with Crippen LogP contribution in [0.25, 0.3) is 0 Å². The fraction of sp³-hybridized carbons (Fsp3) is 0.462. The van der Waals surface area contributed by atoms with Gasteiger partial charge < -0.3 is 10.4 Å². The molecular formula is C13H19N3O3S. The molecule has 0 fully saturated rings. The normalized spacial score (nSPS) is 19.9. The molecule has 1 aliphatic heterocycles. The molecule has 0 aromatic heterocycles. The van der Waals surface area contributed by atoms with E-state index >= 15 is 0 Å². The largest absolute Gasteiger partial charge is 0.394 e. The SMILES string of the molecule is CCC(CO)N=C1Nc2cc(C)cc(C)c2S(=O)(=O)N1. The maximum Gasteiger partial charge on any atom is 0.266 e. The third kappa shape index (κ3) is 2.78. The first-order chi connectivity index (χ1) is 9.37. The highest BCUT2D eigenvalue weighted by Crippen LogP contribution is 2.29. The van der Waals surface area contributed by atoms with Gasteiger partial charge >= 0.3 is 0 Å². The Labute approximate surface area is 119 Å². The van der Waals surface area contributed by atoms with Crippen LogP contribution in [0.3, 0.4) is 0 Å². The molecule has 0 saturated carbocycles. The van der Waals surface area contributed by atoms with E-state index in [0.717, 1.165) is 5.56 Å². The zero-order chi connectivity index (χ0) is 14.9. The Morgan fingerprint density at radius 3 is 2.65 bits per heavy atom. The van der Waals surface area contributed by atoms with Crippen LogP contribution in [-0.4, -0.2) is 32.1 Å². The van der Waals surface area contributed by atoms with Crippen molar-refractivity contribution in [2.45, 2.75) is 38.1 Å². The van der Waals surface area contributed by atoms with E-state index in [2.05, 4.69) is 15.0 Å². The first kappa shape index (κ1) is 14.8. The number of aliphatic hydroxyl groups excluding tert-OH is 1. The van der Waals surface area contributed by atoms with E-state index < -0.39 is 10.0 Å². The average molecular weight is 297 g/mol. The van der Waals surface area contributed by atoms with E-state index in [4.69, 9.17) is 5.11 Å². The Hall–Kier alpha value is -1.60. The molecule has 1 aromatic rings. The molecule has 0 amide bonds. The Morgan fingerprint density at radius 2 is 2.05 bits per heavy atom. The number of rotatable bonds is 3. The lowest BCUT2D eigenvalue weighted by Gasteiger charge is -2.24. The lowest BCUT2D eigenvalue weighted by atomic mass is 10.1. The molecule has 1 heterocycles. The molecule has 110 valence electrons. The molecule has 20 heavy (non-hydrogen) atoms. The summed E-state index contributed by atoms with van der Waals surface area (Å²) in [5.41, 5.74) is 2.18. The van der Waals surface area contributed by atoms with Gasteiger partial charge in [-0.15, -0.1) is 0 Å². The number of nitrogens with one attached hydrogen (secondary N) is 2. The van der Waals surface area contributed by atoms with Gasteiger partial charge in [0, 0.05) is 0 Å². The summed E-state index contributed by atoms with van der Waals surface area (Å²) in [4.78, 5) is 4.44. The summed E-state index contributed by atoms with van der Waals surface area (Å²) in [6, 6.07) is 3.27. The number of guanidine groups is 1. The summed E-state index contributed by atoms with van der Waals surface area (Å²) in [5, 5.41) is 12.1. The third-order valence-electron chi connectivity index (χ3n) is 3.17. The topological polar surface area (TPSA) is 90.8 Å². The Bertz CT molecular complexity index is 649. The van der Waals surface area contributed by atoms with Gasteiger partial charge in [0.15, 0.2) is 0 Å². The van der Waals surface area contributed by atoms with Crippen LogP contribution in [0.5, 0.6) is 0 Å². The number of anilines is 1. The number of sulfonamides is 1. The number of fused-ring (bicyclic) bond motifs is 1. The zero-order valence-corrected chi connectivity index (χ0v) is 12.6. The van der Waals surface area contributed by atoms with Gasteiger partial charge in [-0.05, 0) is 37.5 Å². The van der Waals surface area contributed by atoms with E-state index in [-0.39, 0.29) is 23.5 Å². The van der Waals surface area contributed by atoms with Crippen molar-refractivity contribution in [2.24, 2.45) is 4.99 Å². The van der Waals surface area contributed by atoms with Crippen LogP contribution in [0.15, 0.2) is 22.0 Å². The van der Waals surface area contributed by atoms with E-state index in [1.165, 1.54) is 0 Å². The lowest BCUT2D eigenvalue weighted by Crippen LogP contribution is -2.42. The van der Waals surface area contributed by atoms with Crippen LogP contribution >= 0.6 is 0 Å². The van der Waals surface area contributed by atoms with Crippen molar-refractivity contribution in [3.63, 3.8) is 0 Å². The van der Waals surface area contributed by atoms with Gasteiger partial charge in [-0.2, -0.15) is 0 Å². The molecule has 0 radical (unpaired) electrons. The second kappa shape index (κ2) is 5.41. The maximum absolute atomic E-state index is 12.3. The highest BCUT2D eigenvalue weighted by Gasteiger charge is 2.28. The van der Waals surface area contributed by atoms with Crippen LogP contribution in [0.4, 0.5) is 5.69 Å². The first-order valence-corrected chi connectivity index (χ1v) is 7.95. The number of hydrogen-bond acceptors (Lipinski definition) is 4. The summed E-state index contributed by atoms with van der Waals surface area (Å²) >= 11 is 0. The second-order valence-corrected chi connectivity index (χ2v) is 6.53. The van der Waals surface area contributed by atoms with Crippen molar-refractivity contribution in [3.8, 4) is 0 Å². The standard InChI is InChI=1S/C13H19N3O3S/c1-4-10(7-17)14-13-15-11-6-8(2)5-9(3)12(11)20(18,19)16-13/h5-6,10,17H,4,7H2,1-3H3,(H2,14,15,16). The van der Waals surface area contributed by atoms with E-state index in [1.807, 2.05) is 19.9 Å². The van der Waals surface area contributed by atoms with E-state index in [1.54, 1.807) is 13.0 Å². The van der Waals surface area contributed by atoms with Crippen molar-refractivity contribution in [1.29, 1.82) is 0 Å². The number of aryl methyl sites for hydroxylation is 2. The van der Waals surface area contributed by atoms with E-state index in [9.17, 15) is 8.42 Å². The van der Waals surface area contributed by atoms with Crippen LogP contribution in [-0.2, 0) is 10.0 Å². The van der Waals surface area contributed by atoms with Crippen LogP contribution < -0.4 is 10.0 Å². The van der Waals surface area contributed by atoms with Gasteiger partial charge in [0.05, 0.1) is 18.3 Å². The fourth-order valence-corrected chi connectivity index (χ4v) is 3.58. The van der Waals surface area contributed by atoms with Crippen molar-refractivity contribution < 1.29 is 13.5 Å². The van der Waals surface area contributed by atoms with Crippen molar-refractivity contribution >= 4 is 21.7 Å². The number of nitrogens with zero attached hydrogens (tertiary/aromatic N) is 1.